The molecule has 6 heteroatoms. The summed E-state index contributed by atoms with van der Waals surface area (Å²) in [6.07, 6.45) is 2.96. The van der Waals surface area contributed by atoms with Gasteiger partial charge in [0.15, 0.2) is 0 Å². The van der Waals surface area contributed by atoms with Crippen molar-refractivity contribution in [3.05, 3.63) is 33.1 Å². The quantitative estimate of drug-likeness (QED) is 0.617. The molecule has 1 aromatic rings. The lowest BCUT2D eigenvalue weighted by atomic mass is 9.99. The summed E-state index contributed by atoms with van der Waals surface area (Å²) in [7, 11) is 0. The molecule has 0 fully saturated rings. The van der Waals surface area contributed by atoms with Crippen LogP contribution in [0.1, 0.15) is 32.9 Å². The van der Waals surface area contributed by atoms with Crippen molar-refractivity contribution in [2.45, 2.75) is 39.7 Å². The summed E-state index contributed by atoms with van der Waals surface area (Å²) in [6.45, 7) is 7.12. The van der Waals surface area contributed by atoms with E-state index in [1.807, 2.05) is 6.92 Å². The largest absolute Gasteiger partial charge is 0.314 e. The van der Waals surface area contributed by atoms with E-state index in [9.17, 15) is 10.1 Å². The van der Waals surface area contributed by atoms with Gasteiger partial charge in [-0.05, 0) is 18.9 Å². The minimum absolute atomic E-state index is 0.000779. The topological polar surface area (TPSA) is 68.1 Å². The molecule has 1 N–H and O–H groups in total. The molecule has 0 aliphatic rings. The fourth-order valence-corrected chi connectivity index (χ4v) is 2.25. The van der Waals surface area contributed by atoms with Gasteiger partial charge in [-0.25, -0.2) is 0 Å². The summed E-state index contributed by atoms with van der Waals surface area (Å²) in [5.74, 6) is 0.524. The lowest BCUT2D eigenvalue weighted by Gasteiger charge is -2.19. The first-order chi connectivity index (χ1) is 8.93. The minimum atomic E-state index is -0.424. The van der Waals surface area contributed by atoms with Crippen LogP contribution in [0.2, 0.25) is 5.02 Å². The number of hydrogen-bond donors (Lipinski definition) is 1. The summed E-state index contributed by atoms with van der Waals surface area (Å²) >= 11 is 5.76. The fourth-order valence-electron chi connectivity index (χ4n) is 2.10. The van der Waals surface area contributed by atoms with Gasteiger partial charge in [0, 0.05) is 24.7 Å². The van der Waals surface area contributed by atoms with E-state index >= 15 is 0 Å². The molecule has 0 saturated carbocycles. The van der Waals surface area contributed by atoms with Gasteiger partial charge in [0.2, 0.25) is 0 Å². The highest BCUT2D eigenvalue weighted by Gasteiger charge is 2.20. The Labute approximate surface area is 118 Å². The van der Waals surface area contributed by atoms with Gasteiger partial charge in [-0.15, -0.1) is 0 Å². The summed E-state index contributed by atoms with van der Waals surface area (Å²) < 4.78 is 0. The average molecular weight is 286 g/mol. The first-order valence-corrected chi connectivity index (χ1v) is 6.84. The van der Waals surface area contributed by atoms with Crippen LogP contribution >= 0.6 is 11.6 Å². The van der Waals surface area contributed by atoms with Crippen molar-refractivity contribution in [3.63, 3.8) is 0 Å². The Balaban J connectivity index is 2.91. The van der Waals surface area contributed by atoms with Gasteiger partial charge in [-0.3, -0.25) is 15.1 Å². The standard InChI is InChI=1S/C13H20ClN3O2/c1-4-15-11(5-9(2)3)7-12-13(17(18)19)6-10(14)8-16-12/h6,8-9,11,15H,4-5,7H2,1-3H3. The highest BCUT2D eigenvalue weighted by Crippen LogP contribution is 2.23. The van der Waals surface area contributed by atoms with Crippen molar-refractivity contribution < 1.29 is 4.92 Å². The molecule has 0 aliphatic heterocycles. The molecule has 1 atom stereocenters. The van der Waals surface area contributed by atoms with Crippen molar-refractivity contribution in [2.24, 2.45) is 5.92 Å². The third-order valence-electron chi connectivity index (χ3n) is 2.80. The van der Waals surface area contributed by atoms with E-state index in [1.54, 1.807) is 0 Å². The zero-order valence-electron chi connectivity index (χ0n) is 11.5. The molecule has 106 valence electrons. The highest BCUT2D eigenvalue weighted by atomic mass is 35.5. The molecule has 1 rings (SSSR count). The van der Waals surface area contributed by atoms with E-state index in [0.717, 1.165) is 13.0 Å². The van der Waals surface area contributed by atoms with E-state index in [-0.39, 0.29) is 11.7 Å². The summed E-state index contributed by atoms with van der Waals surface area (Å²) in [5, 5.41) is 14.7. The molecule has 0 aromatic carbocycles. The van der Waals surface area contributed by atoms with E-state index < -0.39 is 4.92 Å². The molecule has 0 aliphatic carbocycles. The Kier molecular flexibility index (Phi) is 6.18. The van der Waals surface area contributed by atoms with Crippen molar-refractivity contribution in [1.29, 1.82) is 0 Å². The normalized spacial score (nSPS) is 12.7. The number of aromatic nitrogens is 1. The van der Waals surface area contributed by atoms with Crippen molar-refractivity contribution in [1.82, 2.24) is 10.3 Å². The predicted molar refractivity (Wildman–Crippen MR) is 76.5 cm³/mol. The molecule has 0 spiro atoms. The molecule has 1 aromatic heterocycles. The minimum Gasteiger partial charge on any atom is -0.314 e. The molecule has 1 heterocycles. The number of hydrogen-bond acceptors (Lipinski definition) is 4. The summed E-state index contributed by atoms with van der Waals surface area (Å²) in [6, 6.07) is 1.56. The van der Waals surface area contributed by atoms with Crippen LogP contribution in [0.5, 0.6) is 0 Å². The summed E-state index contributed by atoms with van der Waals surface area (Å²) in [4.78, 5) is 14.7. The second-order valence-corrected chi connectivity index (χ2v) is 5.40. The molecular formula is C13H20ClN3O2. The molecule has 5 nitrogen and oxygen atoms in total. The highest BCUT2D eigenvalue weighted by molar-refractivity contribution is 6.30. The van der Waals surface area contributed by atoms with Gasteiger partial charge in [-0.1, -0.05) is 32.4 Å². The maximum Gasteiger partial charge on any atom is 0.292 e. The number of nitrogens with zero attached hydrogens (tertiary/aromatic N) is 2. The van der Waals surface area contributed by atoms with Crippen LogP contribution < -0.4 is 5.32 Å². The number of pyridine rings is 1. The molecule has 0 radical (unpaired) electrons. The lowest BCUT2D eigenvalue weighted by molar-refractivity contribution is -0.386. The maximum atomic E-state index is 11.0. The van der Waals surface area contributed by atoms with Crippen molar-refractivity contribution in [2.75, 3.05) is 6.54 Å². The van der Waals surface area contributed by atoms with Gasteiger partial charge in [0.25, 0.3) is 5.69 Å². The predicted octanol–water partition coefficient (Wildman–Crippen LogP) is 3.21. The fraction of sp³-hybridized carbons (Fsp3) is 0.615. The monoisotopic (exact) mass is 285 g/mol. The molecular weight excluding hydrogens is 266 g/mol. The number of nitrogens with one attached hydrogen (secondary N) is 1. The summed E-state index contributed by atoms with van der Waals surface area (Å²) in [5.41, 5.74) is 0.486. The molecule has 0 amide bonds. The van der Waals surface area contributed by atoms with E-state index in [0.29, 0.717) is 23.1 Å². The number of halogens is 1. The molecule has 0 saturated heterocycles. The van der Waals surface area contributed by atoms with E-state index in [1.165, 1.54) is 12.3 Å². The van der Waals surface area contributed by atoms with Gasteiger partial charge in [-0.2, -0.15) is 0 Å². The maximum absolute atomic E-state index is 11.0. The number of rotatable bonds is 7. The Bertz CT molecular complexity index is 438. The van der Waals surface area contributed by atoms with Crippen LogP contribution in [0.3, 0.4) is 0 Å². The first kappa shape index (κ1) is 15.9. The van der Waals surface area contributed by atoms with Crippen LogP contribution in [0.4, 0.5) is 5.69 Å². The zero-order valence-corrected chi connectivity index (χ0v) is 12.3. The van der Waals surface area contributed by atoms with Crippen LogP contribution in [0.25, 0.3) is 0 Å². The molecule has 1 unspecified atom stereocenters. The number of nitro groups is 1. The van der Waals surface area contributed by atoms with Gasteiger partial charge in [0.1, 0.15) is 5.69 Å². The second kappa shape index (κ2) is 7.40. The van der Waals surface area contributed by atoms with Crippen LogP contribution in [0, 0.1) is 16.0 Å². The SMILES string of the molecule is CCNC(Cc1ncc(Cl)cc1[N+](=O)[O-])CC(C)C. The Morgan fingerprint density at radius 3 is 2.74 bits per heavy atom. The Morgan fingerprint density at radius 2 is 2.21 bits per heavy atom. The van der Waals surface area contributed by atoms with Crippen LogP contribution in [-0.4, -0.2) is 22.5 Å². The second-order valence-electron chi connectivity index (χ2n) is 4.96. The third-order valence-corrected chi connectivity index (χ3v) is 3.01. The number of likely N-dealkylation sites (N-methyl/N-ethyl adjacent to an activating group) is 1. The Morgan fingerprint density at radius 1 is 1.53 bits per heavy atom. The Hall–Kier alpha value is -1.20. The van der Waals surface area contributed by atoms with E-state index in [2.05, 4.69) is 24.1 Å². The molecule has 0 bridgehead atoms. The van der Waals surface area contributed by atoms with Crippen molar-refractivity contribution >= 4 is 17.3 Å². The lowest BCUT2D eigenvalue weighted by Crippen LogP contribution is -2.32. The first-order valence-electron chi connectivity index (χ1n) is 6.46. The van der Waals surface area contributed by atoms with Gasteiger partial charge < -0.3 is 5.32 Å². The van der Waals surface area contributed by atoms with Crippen LogP contribution in [-0.2, 0) is 6.42 Å². The van der Waals surface area contributed by atoms with Gasteiger partial charge in [0.05, 0.1) is 9.95 Å². The van der Waals surface area contributed by atoms with E-state index in [4.69, 9.17) is 11.6 Å². The van der Waals surface area contributed by atoms with Crippen molar-refractivity contribution in [3.8, 4) is 0 Å². The van der Waals surface area contributed by atoms with Crippen LogP contribution in [0.15, 0.2) is 12.3 Å². The third kappa shape index (κ3) is 5.12. The zero-order chi connectivity index (χ0) is 14.4. The smallest absolute Gasteiger partial charge is 0.292 e. The molecule has 19 heavy (non-hydrogen) atoms. The van der Waals surface area contributed by atoms with Gasteiger partial charge >= 0.3 is 0 Å². The average Bonchev–Trinajstić information content (AvgIpc) is 2.30.